The van der Waals surface area contributed by atoms with Gasteiger partial charge in [0.2, 0.25) is 0 Å². The SMILES string of the molecule is CC(=O)OC12CC3CC(C1)CC(C(=O)OCC(=O)NS(=O)(=O)C(F)(F)F)(C3)C2. The van der Waals surface area contributed by atoms with Gasteiger partial charge in [0.15, 0.2) is 6.61 Å². The second kappa shape index (κ2) is 6.60. The van der Waals surface area contributed by atoms with Gasteiger partial charge in [-0.15, -0.1) is 0 Å². The lowest BCUT2D eigenvalue weighted by atomic mass is 9.48. The number of hydrogen-bond donors (Lipinski definition) is 1. The van der Waals surface area contributed by atoms with Crippen molar-refractivity contribution in [1.82, 2.24) is 4.72 Å². The fourth-order valence-electron chi connectivity index (χ4n) is 5.36. The average molecular weight is 427 g/mol. The van der Waals surface area contributed by atoms with Gasteiger partial charge in [-0.1, -0.05) is 0 Å². The van der Waals surface area contributed by atoms with Crippen molar-refractivity contribution in [2.75, 3.05) is 6.61 Å². The molecular weight excluding hydrogens is 407 g/mol. The van der Waals surface area contributed by atoms with Crippen LogP contribution in [0, 0.1) is 17.3 Å². The highest BCUT2D eigenvalue weighted by Gasteiger charge is 2.63. The second-order valence-electron chi connectivity index (χ2n) is 8.07. The van der Waals surface area contributed by atoms with E-state index in [4.69, 9.17) is 9.47 Å². The van der Waals surface area contributed by atoms with Gasteiger partial charge in [0.25, 0.3) is 5.91 Å². The molecule has 1 N–H and O–H groups in total. The highest BCUT2D eigenvalue weighted by molar-refractivity contribution is 7.90. The number of alkyl halides is 3. The van der Waals surface area contributed by atoms with E-state index in [-0.39, 0.29) is 18.3 Å². The minimum absolute atomic E-state index is 0.146. The molecule has 4 aliphatic carbocycles. The molecule has 0 saturated heterocycles. The predicted octanol–water partition coefficient (Wildman–Crippen LogP) is 1.40. The quantitative estimate of drug-likeness (QED) is 0.660. The third kappa shape index (κ3) is 3.83. The number of amides is 1. The molecule has 0 spiro atoms. The first-order valence-corrected chi connectivity index (χ1v) is 10.2. The summed E-state index contributed by atoms with van der Waals surface area (Å²) in [6, 6.07) is 0. The van der Waals surface area contributed by atoms with Crippen LogP contribution in [-0.4, -0.2) is 44.0 Å². The van der Waals surface area contributed by atoms with Crippen molar-refractivity contribution in [2.45, 2.75) is 56.6 Å². The number of ether oxygens (including phenoxy) is 2. The van der Waals surface area contributed by atoms with Crippen LogP contribution in [0.3, 0.4) is 0 Å². The Hall–Kier alpha value is -1.85. The van der Waals surface area contributed by atoms with Gasteiger partial charge in [-0.2, -0.15) is 21.6 Å². The Morgan fingerprint density at radius 1 is 1.11 bits per heavy atom. The van der Waals surface area contributed by atoms with Gasteiger partial charge in [-0.25, -0.2) is 4.72 Å². The highest BCUT2D eigenvalue weighted by Crippen LogP contribution is 2.63. The molecule has 12 heteroatoms. The van der Waals surface area contributed by atoms with Crippen LogP contribution in [0.2, 0.25) is 0 Å². The lowest BCUT2D eigenvalue weighted by Crippen LogP contribution is -2.60. The Bertz CT molecular complexity index is 794. The minimum atomic E-state index is -5.86. The van der Waals surface area contributed by atoms with E-state index in [0.29, 0.717) is 25.7 Å². The van der Waals surface area contributed by atoms with Gasteiger partial charge in [0.05, 0.1) is 5.41 Å². The van der Waals surface area contributed by atoms with Crippen LogP contribution in [0.25, 0.3) is 0 Å². The van der Waals surface area contributed by atoms with Crippen LogP contribution < -0.4 is 4.72 Å². The first-order chi connectivity index (χ1) is 12.8. The highest BCUT2D eigenvalue weighted by atomic mass is 32.2. The lowest BCUT2D eigenvalue weighted by molar-refractivity contribution is -0.211. The zero-order valence-corrected chi connectivity index (χ0v) is 15.8. The molecule has 4 saturated carbocycles. The van der Waals surface area contributed by atoms with Crippen molar-refractivity contribution in [3.63, 3.8) is 0 Å². The van der Waals surface area contributed by atoms with Crippen molar-refractivity contribution in [1.29, 1.82) is 0 Å². The number of halogens is 3. The summed E-state index contributed by atoms with van der Waals surface area (Å²) in [7, 11) is -5.86. The maximum Gasteiger partial charge on any atom is 0.516 e. The molecule has 4 fully saturated rings. The van der Waals surface area contributed by atoms with E-state index in [2.05, 4.69) is 0 Å². The molecule has 158 valence electrons. The third-order valence-electron chi connectivity index (χ3n) is 5.69. The van der Waals surface area contributed by atoms with Crippen LogP contribution in [0.1, 0.15) is 45.4 Å². The largest absolute Gasteiger partial charge is 0.516 e. The van der Waals surface area contributed by atoms with Gasteiger partial charge in [0.1, 0.15) is 5.60 Å². The molecule has 28 heavy (non-hydrogen) atoms. The summed E-state index contributed by atoms with van der Waals surface area (Å²) in [5.41, 5.74) is -7.40. The molecule has 4 rings (SSSR count). The number of nitrogens with one attached hydrogen (secondary N) is 1. The van der Waals surface area contributed by atoms with Crippen molar-refractivity contribution in [3.8, 4) is 0 Å². The van der Waals surface area contributed by atoms with Gasteiger partial charge >= 0.3 is 27.5 Å². The molecule has 2 unspecified atom stereocenters. The molecule has 0 aromatic rings. The normalized spacial score (nSPS) is 34.0. The van der Waals surface area contributed by atoms with Crippen molar-refractivity contribution >= 4 is 27.9 Å². The molecule has 4 bridgehead atoms. The molecule has 2 atom stereocenters. The molecule has 8 nitrogen and oxygen atoms in total. The number of rotatable bonds is 5. The summed E-state index contributed by atoms with van der Waals surface area (Å²) in [5, 5.41) is 0. The molecule has 4 aliphatic rings. The topological polar surface area (TPSA) is 116 Å². The molecule has 0 heterocycles. The fourth-order valence-corrected chi connectivity index (χ4v) is 5.84. The van der Waals surface area contributed by atoms with Crippen LogP contribution in [0.15, 0.2) is 0 Å². The van der Waals surface area contributed by atoms with E-state index >= 15 is 0 Å². The fraction of sp³-hybridized carbons (Fsp3) is 0.812. The standard InChI is InChI=1S/C16H20F3NO7S/c1-9(21)27-15-5-10-2-11(6-15)4-14(3-10,8-15)13(23)26-7-12(22)20-28(24,25)16(17,18)19/h10-11H,2-8H2,1H3,(H,20,22). The van der Waals surface area contributed by atoms with E-state index in [0.717, 1.165) is 11.1 Å². The lowest BCUT2D eigenvalue weighted by Gasteiger charge is -2.59. The summed E-state index contributed by atoms with van der Waals surface area (Å²) in [4.78, 5) is 35.7. The Labute approximate surface area is 159 Å². The van der Waals surface area contributed by atoms with E-state index in [9.17, 15) is 36.0 Å². The third-order valence-corrected chi connectivity index (χ3v) is 6.79. The summed E-state index contributed by atoms with van der Waals surface area (Å²) < 4.78 is 70.0. The molecule has 0 aromatic carbocycles. The molecule has 0 aliphatic heterocycles. The van der Waals surface area contributed by atoms with E-state index in [1.165, 1.54) is 6.92 Å². The van der Waals surface area contributed by atoms with E-state index in [1.54, 1.807) is 0 Å². The average Bonchev–Trinajstić information content (AvgIpc) is 2.48. The number of carbonyl (C=O) groups is 3. The maximum absolute atomic E-state index is 12.7. The monoisotopic (exact) mass is 427 g/mol. The van der Waals surface area contributed by atoms with Crippen LogP contribution in [0.5, 0.6) is 0 Å². The Morgan fingerprint density at radius 2 is 1.68 bits per heavy atom. The summed E-state index contributed by atoms with van der Waals surface area (Å²) in [6.07, 6.45) is 3.36. The van der Waals surface area contributed by atoms with Gasteiger partial charge in [-0.05, 0) is 43.9 Å². The second-order valence-corrected chi connectivity index (χ2v) is 9.74. The summed E-state index contributed by atoms with van der Waals surface area (Å²) in [5.74, 6) is -2.54. The Balaban J connectivity index is 1.66. The first-order valence-electron chi connectivity index (χ1n) is 8.75. The van der Waals surface area contributed by atoms with E-state index < -0.39 is 51.0 Å². The molecule has 0 radical (unpaired) electrons. The molecule has 1 amide bonds. The summed E-state index contributed by atoms with van der Waals surface area (Å²) in [6.45, 7) is 0.140. The first kappa shape index (κ1) is 20.9. The maximum atomic E-state index is 12.7. The van der Waals surface area contributed by atoms with Crippen LogP contribution in [0.4, 0.5) is 13.2 Å². The van der Waals surface area contributed by atoms with Crippen molar-refractivity contribution < 1.29 is 45.4 Å². The molecule has 0 aromatic heterocycles. The minimum Gasteiger partial charge on any atom is -0.459 e. The summed E-state index contributed by atoms with van der Waals surface area (Å²) >= 11 is 0. The number of sulfonamides is 1. The zero-order valence-electron chi connectivity index (χ0n) is 15.0. The Kier molecular flexibility index (Phi) is 4.92. The zero-order chi connectivity index (χ0) is 21.0. The number of esters is 2. The Morgan fingerprint density at radius 3 is 2.18 bits per heavy atom. The number of carbonyl (C=O) groups excluding carboxylic acids is 3. The predicted molar refractivity (Wildman–Crippen MR) is 85.7 cm³/mol. The molecular formula is C16H20F3NO7S. The van der Waals surface area contributed by atoms with Crippen LogP contribution >= 0.6 is 0 Å². The van der Waals surface area contributed by atoms with E-state index in [1.807, 2.05) is 0 Å². The smallest absolute Gasteiger partial charge is 0.459 e. The van der Waals surface area contributed by atoms with Crippen LogP contribution in [-0.2, 0) is 33.9 Å². The van der Waals surface area contributed by atoms with Crippen molar-refractivity contribution in [3.05, 3.63) is 0 Å². The van der Waals surface area contributed by atoms with Crippen molar-refractivity contribution in [2.24, 2.45) is 17.3 Å². The van der Waals surface area contributed by atoms with Gasteiger partial charge in [0, 0.05) is 13.3 Å². The number of hydrogen-bond acceptors (Lipinski definition) is 7. The van der Waals surface area contributed by atoms with Gasteiger partial charge < -0.3 is 9.47 Å². The van der Waals surface area contributed by atoms with Gasteiger partial charge in [-0.3, -0.25) is 14.4 Å².